The normalized spacial score (nSPS) is 12.2. The van der Waals surface area contributed by atoms with Crippen molar-refractivity contribution in [2.24, 2.45) is 0 Å². The minimum absolute atomic E-state index is 0.00299. The van der Waals surface area contributed by atoms with Gasteiger partial charge in [-0.25, -0.2) is 4.79 Å². The van der Waals surface area contributed by atoms with Gasteiger partial charge in [0.05, 0.1) is 18.9 Å². The number of likely N-dealkylation sites (N-methyl/N-ethyl adjacent to an activating group) is 1. The van der Waals surface area contributed by atoms with Crippen molar-refractivity contribution in [2.45, 2.75) is 19.1 Å². The van der Waals surface area contributed by atoms with E-state index in [-0.39, 0.29) is 18.7 Å². The molecule has 3 N–H and O–H groups in total. The second-order valence-electron chi connectivity index (χ2n) is 5.86. The van der Waals surface area contributed by atoms with Crippen LogP contribution in [0.15, 0.2) is 47.1 Å². The highest BCUT2D eigenvalue weighted by atomic mass is 16.3. The van der Waals surface area contributed by atoms with Crippen LogP contribution in [0.3, 0.4) is 0 Å². The molecule has 2 rings (SSSR count). The van der Waals surface area contributed by atoms with Gasteiger partial charge in [0.2, 0.25) is 0 Å². The molecule has 0 aliphatic carbocycles. The molecule has 6 nitrogen and oxygen atoms in total. The summed E-state index contributed by atoms with van der Waals surface area (Å²) in [5.74, 6) is 0.823. The summed E-state index contributed by atoms with van der Waals surface area (Å²) in [4.78, 5) is 13.9. The summed E-state index contributed by atoms with van der Waals surface area (Å²) in [6, 6.07) is 11.3. The molecule has 24 heavy (non-hydrogen) atoms. The Kier molecular flexibility index (Phi) is 6.84. The van der Waals surface area contributed by atoms with Gasteiger partial charge in [0.1, 0.15) is 5.76 Å². The Morgan fingerprint density at radius 2 is 1.88 bits per heavy atom. The summed E-state index contributed by atoms with van der Waals surface area (Å²) in [6.45, 7) is 1.07. The molecule has 0 spiro atoms. The smallest absolute Gasteiger partial charge is 0.314 e. The third-order valence-electron chi connectivity index (χ3n) is 3.86. The molecule has 0 radical (unpaired) electrons. The minimum atomic E-state index is -0.194. The van der Waals surface area contributed by atoms with Gasteiger partial charge in [-0.1, -0.05) is 24.3 Å². The molecule has 1 aromatic carbocycles. The summed E-state index contributed by atoms with van der Waals surface area (Å²) in [5, 5.41) is 14.7. The summed E-state index contributed by atoms with van der Waals surface area (Å²) >= 11 is 0. The average Bonchev–Trinajstić information content (AvgIpc) is 3.09. The van der Waals surface area contributed by atoms with E-state index >= 15 is 0 Å². The van der Waals surface area contributed by atoms with Crippen molar-refractivity contribution < 1.29 is 14.3 Å². The molecule has 0 saturated heterocycles. The molecule has 0 fully saturated rings. The SMILES string of the molecule is CN(C)C(CNC(=O)NCCc1ccc(CO)cc1)c1ccco1. The van der Waals surface area contributed by atoms with Gasteiger partial charge in [0.25, 0.3) is 0 Å². The number of rotatable bonds is 8. The Balaban J connectivity index is 1.72. The Morgan fingerprint density at radius 1 is 1.17 bits per heavy atom. The van der Waals surface area contributed by atoms with E-state index in [4.69, 9.17) is 9.52 Å². The number of urea groups is 1. The van der Waals surface area contributed by atoms with Crippen LogP contribution in [0.4, 0.5) is 4.79 Å². The molecule has 0 aliphatic heterocycles. The van der Waals surface area contributed by atoms with Crippen molar-refractivity contribution in [3.05, 3.63) is 59.5 Å². The maximum absolute atomic E-state index is 11.9. The summed E-state index contributed by atoms with van der Waals surface area (Å²) in [6.07, 6.45) is 2.38. The maximum Gasteiger partial charge on any atom is 0.314 e. The Bertz CT molecular complexity index is 609. The van der Waals surface area contributed by atoms with Gasteiger partial charge in [-0.05, 0) is 43.8 Å². The molecule has 130 valence electrons. The second-order valence-corrected chi connectivity index (χ2v) is 5.86. The number of aliphatic hydroxyl groups is 1. The lowest BCUT2D eigenvalue weighted by atomic mass is 10.1. The summed E-state index contributed by atoms with van der Waals surface area (Å²) < 4.78 is 5.42. The number of nitrogens with one attached hydrogen (secondary N) is 2. The van der Waals surface area contributed by atoms with Gasteiger partial charge in [-0.15, -0.1) is 0 Å². The Hall–Kier alpha value is -2.31. The summed E-state index contributed by atoms with van der Waals surface area (Å²) in [5.41, 5.74) is 2.01. The standard InChI is InChI=1S/C18H25N3O3/c1-21(2)16(17-4-3-11-24-17)12-20-18(23)19-10-9-14-5-7-15(13-22)8-6-14/h3-8,11,16,22H,9-10,12-13H2,1-2H3,(H2,19,20,23). The molecule has 1 aromatic heterocycles. The van der Waals surface area contributed by atoms with Crippen molar-refractivity contribution >= 4 is 6.03 Å². The number of hydrogen-bond acceptors (Lipinski definition) is 4. The zero-order valence-electron chi connectivity index (χ0n) is 14.2. The molecular weight excluding hydrogens is 306 g/mol. The predicted octanol–water partition coefficient (Wildman–Crippen LogP) is 1.92. The fourth-order valence-corrected chi connectivity index (χ4v) is 2.40. The number of benzene rings is 1. The molecule has 1 unspecified atom stereocenters. The topological polar surface area (TPSA) is 77.7 Å². The number of hydrogen-bond donors (Lipinski definition) is 3. The monoisotopic (exact) mass is 331 g/mol. The number of carbonyl (C=O) groups is 1. The first-order valence-electron chi connectivity index (χ1n) is 8.00. The first-order valence-corrected chi connectivity index (χ1v) is 8.00. The van der Waals surface area contributed by atoms with Gasteiger partial charge in [0.15, 0.2) is 0 Å². The molecule has 2 amide bonds. The number of furan rings is 1. The largest absolute Gasteiger partial charge is 0.468 e. The van der Waals surface area contributed by atoms with Crippen LogP contribution in [-0.2, 0) is 13.0 Å². The summed E-state index contributed by atoms with van der Waals surface area (Å²) in [7, 11) is 3.89. The van der Waals surface area contributed by atoms with E-state index in [2.05, 4.69) is 10.6 Å². The van der Waals surface area contributed by atoms with Gasteiger partial charge in [0, 0.05) is 13.1 Å². The van der Waals surface area contributed by atoms with Gasteiger partial charge in [-0.3, -0.25) is 4.90 Å². The Labute approximate surface area is 142 Å². The molecule has 0 saturated carbocycles. The van der Waals surface area contributed by atoms with Crippen LogP contribution in [0.2, 0.25) is 0 Å². The van der Waals surface area contributed by atoms with E-state index in [1.54, 1.807) is 6.26 Å². The third kappa shape index (κ3) is 5.40. The lowest BCUT2D eigenvalue weighted by Crippen LogP contribution is -2.41. The molecule has 6 heteroatoms. The van der Waals surface area contributed by atoms with E-state index in [9.17, 15) is 4.79 Å². The van der Waals surface area contributed by atoms with E-state index in [1.165, 1.54) is 0 Å². The highest BCUT2D eigenvalue weighted by Gasteiger charge is 2.17. The van der Waals surface area contributed by atoms with Crippen molar-refractivity contribution in [3.8, 4) is 0 Å². The van der Waals surface area contributed by atoms with Crippen molar-refractivity contribution in [3.63, 3.8) is 0 Å². The van der Waals surface area contributed by atoms with Crippen LogP contribution >= 0.6 is 0 Å². The fraction of sp³-hybridized carbons (Fsp3) is 0.389. The quantitative estimate of drug-likeness (QED) is 0.690. The zero-order valence-corrected chi connectivity index (χ0v) is 14.2. The molecule has 0 bridgehead atoms. The number of carbonyl (C=O) groups excluding carboxylic acids is 1. The van der Waals surface area contributed by atoms with Crippen LogP contribution in [0.25, 0.3) is 0 Å². The van der Waals surface area contributed by atoms with Gasteiger partial charge >= 0.3 is 6.03 Å². The average molecular weight is 331 g/mol. The lowest BCUT2D eigenvalue weighted by Gasteiger charge is -2.22. The predicted molar refractivity (Wildman–Crippen MR) is 92.6 cm³/mol. The van der Waals surface area contributed by atoms with E-state index in [0.717, 1.165) is 23.3 Å². The first-order chi connectivity index (χ1) is 11.6. The maximum atomic E-state index is 11.9. The second kappa shape index (κ2) is 9.10. The molecular formula is C18H25N3O3. The van der Waals surface area contributed by atoms with Crippen molar-refractivity contribution in [1.82, 2.24) is 15.5 Å². The highest BCUT2D eigenvalue weighted by molar-refractivity contribution is 5.73. The molecule has 1 heterocycles. The molecule has 0 aliphatic rings. The lowest BCUT2D eigenvalue weighted by molar-refractivity contribution is 0.225. The first kappa shape index (κ1) is 18.0. The van der Waals surface area contributed by atoms with Crippen LogP contribution in [0.1, 0.15) is 22.9 Å². The number of amides is 2. The van der Waals surface area contributed by atoms with E-state index in [0.29, 0.717) is 13.1 Å². The Morgan fingerprint density at radius 3 is 2.46 bits per heavy atom. The zero-order chi connectivity index (χ0) is 17.4. The van der Waals surface area contributed by atoms with Crippen LogP contribution in [-0.4, -0.2) is 43.2 Å². The molecule has 1 atom stereocenters. The van der Waals surface area contributed by atoms with Crippen molar-refractivity contribution in [2.75, 3.05) is 27.2 Å². The fourth-order valence-electron chi connectivity index (χ4n) is 2.40. The highest BCUT2D eigenvalue weighted by Crippen LogP contribution is 2.17. The minimum Gasteiger partial charge on any atom is -0.468 e. The van der Waals surface area contributed by atoms with E-state index in [1.807, 2.05) is 55.4 Å². The third-order valence-corrected chi connectivity index (χ3v) is 3.86. The van der Waals surface area contributed by atoms with Gasteiger partial charge < -0.3 is 20.2 Å². The number of nitrogens with zero attached hydrogens (tertiary/aromatic N) is 1. The van der Waals surface area contributed by atoms with Crippen LogP contribution < -0.4 is 10.6 Å². The van der Waals surface area contributed by atoms with Crippen LogP contribution in [0, 0.1) is 0 Å². The van der Waals surface area contributed by atoms with Crippen molar-refractivity contribution in [1.29, 1.82) is 0 Å². The molecule has 2 aromatic rings. The van der Waals surface area contributed by atoms with Gasteiger partial charge in [-0.2, -0.15) is 0 Å². The van der Waals surface area contributed by atoms with Crippen LogP contribution in [0.5, 0.6) is 0 Å². The van der Waals surface area contributed by atoms with E-state index < -0.39 is 0 Å². The number of aliphatic hydroxyl groups excluding tert-OH is 1.